The molecular weight excluding hydrogens is 1080 g/mol. The van der Waals surface area contributed by atoms with Crippen molar-refractivity contribution in [3.05, 3.63) is 121 Å². The van der Waals surface area contributed by atoms with Crippen LogP contribution in [-0.4, -0.2) is 106 Å². The number of nitrogens with zero attached hydrogens (tertiary/aromatic N) is 4. The van der Waals surface area contributed by atoms with Crippen LogP contribution in [-0.2, 0) is 31.6 Å². The number of ether oxygens (including phenoxy) is 2. The van der Waals surface area contributed by atoms with Crippen LogP contribution in [0.15, 0.2) is 65.6 Å². The highest BCUT2D eigenvalue weighted by Gasteiger charge is 2.44. The summed E-state index contributed by atoms with van der Waals surface area (Å²) in [4.78, 5) is 86.7. The van der Waals surface area contributed by atoms with Gasteiger partial charge in [-0.3, -0.25) is 19.1 Å². The fourth-order valence-corrected chi connectivity index (χ4v) is 13.9. The van der Waals surface area contributed by atoms with E-state index in [1.54, 1.807) is 6.07 Å². The molecule has 9 rings (SSSR count). The van der Waals surface area contributed by atoms with Gasteiger partial charge in [-0.15, -0.1) is 0 Å². The van der Waals surface area contributed by atoms with E-state index in [1.165, 1.54) is 22.9 Å². The van der Waals surface area contributed by atoms with Crippen LogP contribution in [0, 0.1) is 11.8 Å². The van der Waals surface area contributed by atoms with Crippen molar-refractivity contribution in [2.45, 2.75) is 91.3 Å². The van der Waals surface area contributed by atoms with Crippen molar-refractivity contribution in [2.75, 3.05) is 36.9 Å². The number of aromatic nitrogens is 3. The van der Waals surface area contributed by atoms with Crippen molar-refractivity contribution in [1.82, 2.24) is 24.4 Å². The smallest absolute Gasteiger partial charge is 0.478 e. The van der Waals surface area contributed by atoms with Crippen LogP contribution in [0.5, 0.6) is 11.5 Å². The zero-order valence-electron chi connectivity index (χ0n) is 43.4. The van der Waals surface area contributed by atoms with E-state index in [9.17, 15) is 48.1 Å². The van der Waals surface area contributed by atoms with E-state index in [-0.39, 0.29) is 63.3 Å². The number of phosphoric ester groups is 1. The first-order valence-electron chi connectivity index (χ1n) is 24.4. The van der Waals surface area contributed by atoms with Gasteiger partial charge in [-0.1, -0.05) is 17.9 Å². The molecule has 0 aliphatic carbocycles. The van der Waals surface area contributed by atoms with Gasteiger partial charge in [-0.25, -0.2) is 23.1 Å². The molecule has 1 amide bonds. The van der Waals surface area contributed by atoms with E-state index in [2.05, 4.69) is 103 Å². The van der Waals surface area contributed by atoms with Gasteiger partial charge < -0.3 is 59.8 Å². The third kappa shape index (κ3) is 10.8. The molecule has 10 N–H and O–H groups in total. The molecule has 1 fully saturated rings. The van der Waals surface area contributed by atoms with Gasteiger partial charge in [0.25, 0.3) is 11.5 Å². The maximum absolute atomic E-state index is 14.2. The fraction of sp³-hybridized carbons (Fsp3) is 0.353. The van der Waals surface area contributed by atoms with Crippen LogP contribution >= 0.6 is 23.5 Å². The molecule has 412 valence electrons. The Labute approximate surface area is 445 Å². The Morgan fingerprint density at radius 2 is 1.67 bits per heavy atom. The van der Waals surface area contributed by atoms with Gasteiger partial charge in [0.1, 0.15) is 30.4 Å². The molecule has 1 saturated heterocycles. The Morgan fingerprint density at radius 3 is 2.35 bits per heavy atom. The summed E-state index contributed by atoms with van der Waals surface area (Å²) in [5, 5.41) is 25.9. The average molecular weight is 1130 g/mol. The molecule has 0 radical (unpaired) electrons. The second kappa shape index (κ2) is 20.3. The minimum Gasteiger partial charge on any atom is -0.478 e. The van der Waals surface area contributed by atoms with Crippen molar-refractivity contribution in [3.8, 4) is 23.3 Å². The van der Waals surface area contributed by atoms with E-state index in [0.717, 1.165) is 33.3 Å². The standard InChI is InChI=1S/C51H56N7O17P3/c1-9-57-36-19-39-34(17-31(36)26(3)22-50(57,5)6)44(35-18-32-27(4)23-51(7,8)58(10-2)37(32)20-40(35)72-39)33-16-28(13-14-30(33)48(62)63)46(60)53-15-11-12-29-24-56(45-43(29)47(61)55-49(52)54-45)42-21-38(59)41(73-42)25-71-77(67,68)75-78(69,70)74-76(64,65)66/h13-14,16-20,22-24,38,41-42,59H,9-10,15,21,25H2,1-8H3,(H8-,52,53,54,55,60,61,62,63,64,65,66,67,68,69,70)/p+1/t38-,41+,42+/m0/s1. The van der Waals surface area contributed by atoms with Gasteiger partial charge in [-0.05, 0) is 94.7 Å². The number of carbonyl (C=O) groups is 2. The molecule has 24 nitrogen and oxygen atoms in total. The first kappa shape index (κ1) is 56.2. The summed E-state index contributed by atoms with van der Waals surface area (Å²) in [5.74, 6) is 4.61. The summed E-state index contributed by atoms with van der Waals surface area (Å²) < 4.78 is 63.6. The number of nitrogen functional groups attached to an aromatic ring is 1. The van der Waals surface area contributed by atoms with Gasteiger partial charge in [-0.2, -0.15) is 13.6 Å². The molecule has 5 aromatic rings. The van der Waals surface area contributed by atoms with Gasteiger partial charge in [0.15, 0.2) is 11.2 Å². The zero-order valence-corrected chi connectivity index (χ0v) is 46.1. The number of allylic oxidation sites excluding steroid dienone is 2. The molecule has 6 heterocycles. The largest absolute Gasteiger partial charge is 0.490 e. The van der Waals surface area contributed by atoms with Crippen LogP contribution in [0.25, 0.3) is 27.8 Å². The number of benzene rings is 3. The topological polar surface area (TPSA) is 348 Å². The number of hydrogen-bond acceptors (Lipinski definition) is 15. The van der Waals surface area contributed by atoms with E-state index in [4.69, 9.17) is 25.0 Å². The molecule has 4 aliphatic heterocycles. The Bertz CT molecular complexity index is 3890. The lowest BCUT2D eigenvalue weighted by Crippen LogP contribution is -2.49. The number of hydrogen-bond donors (Lipinski definition) is 9. The maximum atomic E-state index is 14.2. The van der Waals surface area contributed by atoms with Gasteiger partial charge >= 0.3 is 29.4 Å². The Kier molecular flexibility index (Phi) is 14.6. The third-order valence-corrected chi connectivity index (χ3v) is 17.7. The van der Waals surface area contributed by atoms with E-state index in [1.807, 2.05) is 38.1 Å². The first-order valence-corrected chi connectivity index (χ1v) is 29.0. The van der Waals surface area contributed by atoms with Crippen LogP contribution in [0.2, 0.25) is 0 Å². The van der Waals surface area contributed by atoms with Crippen molar-refractivity contribution in [3.63, 3.8) is 0 Å². The average Bonchev–Trinajstić information content (AvgIpc) is 4.03. The highest BCUT2D eigenvalue weighted by Crippen LogP contribution is 2.66. The molecule has 4 aliphatic rings. The number of carboxylic acid groups (broad SMARTS) is 1. The lowest BCUT2D eigenvalue weighted by molar-refractivity contribution is -0.0421. The van der Waals surface area contributed by atoms with Gasteiger partial charge in [0.05, 0.1) is 47.4 Å². The number of carbonyl (C=O) groups excluding carboxylic acids is 1. The van der Waals surface area contributed by atoms with Crippen molar-refractivity contribution >= 4 is 74.7 Å². The fourth-order valence-electron chi connectivity index (χ4n) is 10.9. The number of anilines is 2. The van der Waals surface area contributed by atoms with E-state index < -0.39 is 65.9 Å². The predicted molar refractivity (Wildman–Crippen MR) is 286 cm³/mol. The van der Waals surface area contributed by atoms with Crippen LogP contribution in [0.1, 0.15) is 117 Å². The molecular formula is C51H57N7O17P3+. The summed E-state index contributed by atoms with van der Waals surface area (Å²) in [6.45, 7) is 17.1. The number of fused-ring (bicyclic) bond motifs is 5. The Morgan fingerprint density at radius 1 is 0.949 bits per heavy atom. The minimum absolute atomic E-state index is 0.0495. The van der Waals surface area contributed by atoms with E-state index >= 15 is 0 Å². The number of phosphoric acid groups is 3. The van der Waals surface area contributed by atoms with E-state index in [0.29, 0.717) is 40.9 Å². The molecule has 5 atom stereocenters. The molecule has 2 aromatic heterocycles. The summed E-state index contributed by atoms with van der Waals surface area (Å²) in [6.07, 6.45) is 1.55. The number of aromatic carboxylic acids is 1. The van der Waals surface area contributed by atoms with Gasteiger partial charge in [0, 0.05) is 77.8 Å². The van der Waals surface area contributed by atoms with Crippen molar-refractivity contribution in [1.29, 1.82) is 0 Å². The quantitative estimate of drug-likeness (QED) is 0.0399. The number of aliphatic hydroxyl groups is 1. The summed E-state index contributed by atoms with van der Waals surface area (Å²) in [5.41, 5.74) is 11.1. The number of rotatable bonds is 14. The van der Waals surface area contributed by atoms with Crippen LogP contribution < -0.4 is 41.4 Å². The minimum atomic E-state index is -5.82. The molecule has 2 unspecified atom stereocenters. The lowest BCUT2D eigenvalue weighted by Gasteiger charge is -2.43. The summed E-state index contributed by atoms with van der Waals surface area (Å²) in [6, 6.07) is 12.4. The molecule has 0 saturated carbocycles. The first-order chi connectivity index (χ1) is 36.4. The SMILES string of the molecule is CCN1c2cc3c(cc2C(C)=CC1(C)C)C(c1cc(C(=O)NCC#Cc2cn([C@H]4C[C@H](O)[C@@H](COP(=O)(O)OP(=O)(O)OP(=O)(O)O)O4)c4nc(N)[nH]c(=O)c24)ccc1C(=O)O)=c1cc2c(cc1O3)=[N+](CC)C(C)(C)C=C2C. The number of likely N-dealkylation sites (N-methyl/N-ethyl adjacent to an activating group) is 2. The van der Waals surface area contributed by atoms with Crippen molar-refractivity contribution < 1.29 is 75.7 Å². The normalized spacial score (nSPS) is 20.6. The second-order valence-electron chi connectivity index (χ2n) is 20.1. The monoisotopic (exact) mass is 1130 g/mol. The summed E-state index contributed by atoms with van der Waals surface area (Å²) >= 11 is 0. The number of nitrogens with one attached hydrogen (secondary N) is 2. The molecule has 27 heteroatoms. The number of aliphatic hydroxyl groups excluding tert-OH is 1. The zero-order chi connectivity index (χ0) is 56.8. The Hall–Kier alpha value is -6.54. The van der Waals surface area contributed by atoms with Crippen LogP contribution in [0.3, 0.4) is 0 Å². The summed E-state index contributed by atoms with van der Waals surface area (Å²) in [7, 11) is -17.0. The molecule has 3 aromatic carbocycles. The molecule has 78 heavy (non-hydrogen) atoms. The number of H-pyrrole nitrogens is 1. The Balaban J connectivity index is 1.04. The third-order valence-electron chi connectivity index (χ3n) is 13.9. The number of aromatic amines is 1. The maximum Gasteiger partial charge on any atom is 0.490 e. The number of carboxylic acids is 1. The lowest BCUT2D eigenvalue weighted by atomic mass is 9.83. The number of amides is 1. The predicted octanol–water partition coefficient (Wildman–Crippen LogP) is 4.86. The molecule has 0 bridgehead atoms. The molecule has 0 spiro atoms. The highest BCUT2D eigenvalue weighted by molar-refractivity contribution is 7.66. The van der Waals surface area contributed by atoms with Gasteiger partial charge in [0.2, 0.25) is 11.3 Å². The second-order valence-corrected chi connectivity index (χ2v) is 24.5. The van der Waals surface area contributed by atoms with Crippen LogP contribution in [0.4, 0.5) is 11.6 Å². The van der Waals surface area contributed by atoms with Crippen molar-refractivity contribution in [2.24, 2.45) is 0 Å². The number of nitrogens with two attached hydrogens (primary N) is 1. The highest BCUT2D eigenvalue weighted by atomic mass is 31.3.